The van der Waals surface area contributed by atoms with E-state index in [-0.39, 0.29) is 0 Å². The Kier molecular flexibility index (Phi) is 3.18. The number of carbonyl (C=O) groups is 2. The molecule has 0 spiro atoms. The van der Waals surface area contributed by atoms with Crippen molar-refractivity contribution in [2.75, 3.05) is 5.32 Å². The van der Waals surface area contributed by atoms with Crippen LogP contribution in [0, 0.1) is 13.8 Å². The van der Waals surface area contributed by atoms with Crippen LogP contribution in [0.3, 0.4) is 0 Å². The van der Waals surface area contributed by atoms with Crippen molar-refractivity contribution >= 4 is 45.1 Å². The molecule has 20 heavy (non-hydrogen) atoms. The Hall–Kier alpha value is -1.60. The lowest BCUT2D eigenvalue weighted by atomic mass is 10.1. The molecule has 0 saturated heterocycles. The van der Waals surface area contributed by atoms with Crippen LogP contribution in [0.4, 0.5) is 5.69 Å². The van der Waals surface area contributed by atoms with Gasteiger partial charge in [-0.3, -0.25) is 9.59 Å². The molecule has 0 unspecified atom stereocenters. The van der Waals surface area contributed by atoms with E-state index in [1.165, 1.54) is 11.8 Å². The molecule has 0 saturated carbocycles. The van der Waals surface area contributed by atoms with Gasteiger partial charge >= 0.3 is 0 Å². The third kappa shape index (κ3) is 2.16. The van der Waals surface area contributed by atoms with Crippen molar-refractivity contribution < 1.29 is 14.0 Å². The number of nitrogens with zero attached hydrogens (tertiary/aromatic N) is 1. The minimum atomic E-state index is -0.600. The highest BCUT2D eigenvalue weighted by Gasteiger charge is 2.29. The Morgan fingerprint density at radius 2 is 2.05 bits per heavy atom. The molecule has 0 bridgehead atoms. The van der Waals surface area contributed by atoms with Crippen LogP contribution in [0.25, 0.3) is 0 Å². The van der Waals surface area contributed by atoms with E-state index in [2.05, 4.69) is 26.2 Å². The monoisotopic (exact) mass is 352 g/mol. The third-order valence-corrected chi connectivity index (χ3v) is 4.80. The maximum Gasteiger partial charge on any atom is 0.296 e. The minimum absolute atomic E-state index is 0.381. The number of oxazole rings is 1. The van der Waals surface area contributed by atoms with Crippen LogP contribution in [0.1, 0.15) is 21.8 Å². The van der Waals surface area contributed by atoms with Crippen molar-refractivity contribution in [2.45, 2.75) is 24.0 Å². The molecule has 0 radical (unpaired) electrons. The van der Waals surface area contributed by atoms with E-state index in [9.17, 15) is 9.59 Å². The number of rotatable bonds is 2. The highest BCUT2D eigenvalue weighted by molar-refractivity contribution is 9.10. The number of carbonyl (C=O) groups excluding carboxylic acids is 2. The largest absolute Gasteiger partial charge is 0.436 e. The Morgan fingerprint density at radius 3 is 2.70 bits per heavy atom. The summed E-state index contributed by atoms with van der Waals surface area (Å²) < 4.78 is 6.23. The fraction of sp³-hybridized carbons (Fsp3) is 0.154. The number of aryl methyl sites for hydroxylation is 2. The number of aromatic nitrogens is 1. The Labute approximate surface area is 127 Å². The first kappa shape index (κ1) is 13.4. The summed E-state index contributed by atoms with van der Waals surface area (Å²) in [4.78, 5) is 28.1. The van der Waals surface area contributed by atoms with E-state index in [4.69, 9.17) is 4.42 Å². The van der Waals surface area contributed by atoms with Gasteiger partial charge in [-0.2, -0.15) is 0 Å². The second-order valence-electron chi connectivity index (χ2n) is 4.33. The first-order valence-electron chi connectivity index (χ1n) is 5.77. The van der Waals surface area contributed by atoms with E-state index in [0.29, 0.717) is 16.5 Å². The van der Waals surface area contributed by atoms with Crippen molar-refractivity contribution in [1.82, 2.24) is 4.98 Å². The van der Waals surface area contributed by atoms with Gasteiger partial charge in [-0.05, 0) is 53.7 Å². The van der Waals surface area contributed by atoms with Crippen LogP contribution in [0.5, 0.6) is 0 Å². The molecule has 2 heterocycles. The first-order chi connectivity index (χ1) is 9.45. The molecular weight excluding hydrogens is 344 g/mol. The smallest absolute Gasteiger partial charge is 0.296 e. The lowest BCUT2D eigenvalue weighted by molar-refractivity contribution is -0.112. The number of amides is 1. The Balaban J connectivity index is 1.98. The molecule has 5 nitrogen and oxygen atoms in total. The third-order valence-electron chi connectivity index (χ3n) is 2.98. The van der Waals surface area contributed by atoms with Crippen LogP contribution in [0.15, 0.2) is 31.1 Å². The van der Waals surface area contributed by atoms with Gasteiger partial charge in [-0.15, -0.1) is 0 Å². The summed E-state index contributed by atoms with van der Waals surface area (Å²) in [6, 6.07) is 3.38. The maximum absolute atomic E-state index is 11.6. The summed E-state index contributed by atoms with van der Waals surface area (Å²) in [6.45, 7) is 3.72. The molecule has 102 valence electrons. The molecule has 1 aromatic carbocycles. The predicted octanol–water partition coefficient (Wildman–Crippen LogP) is 3.34. The minimum Gasteiger partial charge on any atom is -0.436 e. The zero-order valence-electron chi connectivity index (χ0n) is 10.6. The molecule has 1 aliphatic rings. The Morgan fingerprint density at radius 1 is 1.30 bits per heavy atom. The molecule has 0 aliphatic carbocycles. The number of fused-ring (bicyclic) bond motifs is 1. The van der Waals surface area contributed by atoms with Gasteiger partial charge in [-0.25, -0.2) is 4.98 Å². The van der Waals surface area contributed by atoms with E-state index in [1.54, 1.807) is 12.1 Å². The van der Waals surface area contributed by atoms with Crippen LogP contribution in [-0.4, -0.2) is 16.7 Å². The van der Waals surface area contributed by atoms with Crippen molar-refractivity contribution in [2.24, 2.45) is 0 Å². The second-order valence-corrected chi connectivity index (χ2v) is 6.18. The number of hydrogen-bond donors (Lipinski definition) is 1. The van der Waals surface area contributed by atoms with Gasteiger partial charge in [0.1, 0.15) is 5.76 Å². The number of hydrogen-bond acceptors (Lipinski definition) is 5. The van der Waals surface area contributed by atoms with Gasteiger partial charge in [0.25, 0.3) is 16.9 Å². The molecule has 0 atom stereocenters. The van der Waals surface area contributed by atoms with Gasteiger partial charge in [-0.1, -0.05) is 0 Å². The first-order valence-corrected chi connectivity index (χ1v) is 7.38. The van der Waals surface area contributed by atoms with E-state index >= 15 is 0 Å². The van der Waals surface area contributed by atoms with Gasteiger partial charge in [0.05, 0.1) is 16.9 Å². The van der Waals surface area contributed by atoms with Crippen molar-refractivity contribution in [3.8, 4) is 0 Å². The highest BCUT2D eigenvalue weighted by atomic mass is 79.9. The van der Waals surface area contributed by atoms with Crippen LogP contribution < -0.4 is 5.32 Å². The summed E-state index contributed by atoms with van der Waals surface area (Å²) in [6.07, 6.45) is 0. The average molecular weight is 353 g/mol. The molecule has 0 fully saturated rings. The van der Waals surface area contributed by atoms with Crippen molar-refractivity contribution in [3.05, 3.63) is 33.6 Å². The van der Waals surface area contributed by atoms with Gasteiger partial charge in [0, 0.05) is 9.37 Å². The number of halogens is 1. The SMILES string of the molecule is Cc1nc(Sc2cc3c(cc2Br)C(=O)C(=O)N3)oc1C. The quantitative estimate of drug-likeness (QED) is 0.839. The maximum atomic E-state index is 11.6. The number of anilines is 1. The topological polar surface area (TPSA) is 72.2 Å². The van der Waals surface area contributed by atoms with Gasteiger partial charge in [0.2, 0.25) is 0 Å². The fourth-order valence-corrected chi connectivity index (χ4v) is 3.26. The molecule has 2 aromatic rings. The standard InChI is InChI=1S/C13H9BrN2O3S/c1-5-6(2)19-13(15-5)20-10-4-9-7(3-8(10)14)11(17)12(18)16-9/h3-4H,1-2H3,(H,16,17,18). The zero-order valence-corrected chi connectivity index (χ0v) is 13.0. The lowest BCUT2D eigenvalue weighted by Gasteiger charge is -2.04. The molecule has 1 N–H and O–H groups in total. The molecule has 3 rings (SSSR count). The zero-order chi connectivity index (χ0) is 14.4. The van der Waals surface area contributed by atoms with Crippen molar-refractivity contribution in [3.63, 3.8) is 0 Å². The molecule has 1 amide bonds. The second kappa shape index (κ2) is 4.75. The van der Waals surface area contributed by atoms with E-state index in [1.807, 2.05) is 13.8 Å². The molecule has 7 heteroatoms. The van der Waals surface area contributed by atoms with E-state index < -0.39 is 11.7 Å². The normalized spacial score (nSPS) is 13.6. The van der Waals surface area contributed by atoms with Crippen LogP contribution in [0.2, 0.25) is 0 Å². The predicted molar refractivity (Wildman–Crippen MR) is 77.2 cm³/mol. The number of benzene rings is 1. The summed E-state index contributed by atoms with van der Waals surface area (Å²) in [5.74, 6) is -0.342. The number of Topliss-reactive ketones (excluding diaryl/α,β-unsaturated/α-hetero) is 1. The average Bonchev–Trinajstić information content (AvgIpc) is 2.83. The van der Waals surface area contributed by atoms with Crippen molar-refractivity contribution in [1.29, 1.82) is 0 Å². The number of nitrogens with one attached hydrogen (secondary N) is 1. The summed E-state index contributed by atoms with van der Waals surface area (Å²) in [7, 11) is 0. The van der Waals surface area contributed by atoms with E-state index in [0.717, 1.165) is 20.8 Å². The van der Waals surface area contributed by atoms with Crippen LogP contribution in [-0.2, 0) is 4.79 Å². The van der Waals surface area contributed by atoms with Crippen LogP contribution >= 0.6 is 27.7 Å². The highest BCUT2D eigenvalue weighted by Crippen LogP contribution is 2.38. The summed E-state index contributed by atoms with van der Waals surface area (Å²) >= 11 is 4.73. The lowest BCUT2D eigenvalue weighted by Crippen LogP contribution is -2.12. The summed E-state index contributed by atoms with van der Waals surface area (Å²) in [5, 5.41) is 3.07. The molecular formula is C13H9BrN2O3S. The number of ketones is 1. The molecule has 1 aromatic heterocycles. The fourth-order valence-electron chi connectivity index (χ4n) is 1.81. The molecule has 1 aliphatic heterocycles. The Bertz CT molecular complexity index is 735. The van der Waals surface area contributed by atoms with Gasteiger partial charge < -0.3 is 9.73 Å². The van der Waals surface area contributed by atoms with Gasteiger partial charge in [0.15, 0.2) is 0 Å². The summed E-state index contributed by atoms with van der Waals surface area (Å²) in [5.41, 5.74) is 1.74.